The fourth-order valence-electron chi connectivity index (χ4n) is 3.44. The van der Waals surface area contributed by atoms with Crippen molar-refractivity contribution in [3.63, 3.8) is 0 Å². The Kier molecular flexibility index (Phi) is 4.87. The fourth-order valence-corrected chi connectivity index (χ4v) is 3.44. The second-order valence-electron chi connectivity index (χ2n) is 6.16. The molecule has 1 heterocycles. The fraction of sp³-hybridized carbons (Fsp3) is 1.00. The van der Waals surface area contributed by atoms with Gasteiger partial charge in [0.25, 0.3) is 0 Å². The first-order chi connectivity index (χ1) is 8.20. The lowest BCUT2D eigenvalue weighted by atomic mass is 9.77. The third-order valence-corrected chi connectivity index (χ3v) is 4.98. The summed E-state index contributed by atoms with van der Waals surface area (Å²) in [5.41, 5.74) is 0. The number of hydrogen-bond donors (Lipinski definition) is 1. The Morgan fingerprint density at radius 3 is 2.76 bits per heavy atom. The first-order valence-electron chi connectivity index (χ1n) is 7.58. The highest BCUT2D eigenvalue weighted by atomic mass is 16.5. The minimum atomic E-state index is 0.498. The zero-order valence-corrected chi connectivity index (χ0v) is 11.7. The first-order valence-corrected chi connectivity index (χ1v) is 7.58. The summed E-state index contributed by atoms with van der Waals surface area (Å²) in [6.45, 7) is 8.03. The normalized spacial score (nSPS) is 43.6. The lowest BCUT2D eigenvalue weighted by Crippen LogP contribution is -2.48. The van der Waals surface area contributed by atoms with Crippen LogP contribution in [0.25, 0.3) is 0 Å². The van der Waals surface area contributed by atoms with E-state index >= 15 is 0 Å². The summed E-state index contributed by atoms with van der Waals surface area (Å²) in [4.78, 5) is 0. The molecule has 5 atom stereocenters. The van der Waals surface area contributed by atoms with Crippen LogP contribution in [0.3, 0.4) is 0 Å². The topological polar surface area (TPSA) is 21.3 Å². The van der Waals surface area contributed by atoms with Gasteiger partial charge in [0.1, 0.15) is 0 Å². The Morgan fingerprint density at radius 2 is 2.00 bits per heavy atom. The summed E-state index contributed by atoms with van der Waals surface area (Å²) >= 11 is 0. The Bertz CT molecular complexity index is 231. The van der Waals surface area contributed by atoms with E-state index in [-0.39, 0.29) is 0 Å². The van der Waals surface area contributed by atoms with Gasteiger partial charge in [0.2, 0.25) is 0 Å². The molecule has 0 amide bonds. The number of hydrogen-bond acceptors (Lipinski definition) is 2. The van der Waals surface area contributed by atoms with Crippen LogP contribution in [0, 0.1) is 11.8 Å². The van der Waals surface area contributed by atoms with Crippen molar-refractivity contribution in [1.29, 1.82) is 0 Å². The first kappa shape index (κ1) is 13.4. The predicted octanol–water partition coefficient (Wildman–Crippen LogP) is 3.36. The van der Waals surface area contributed by atoms with Gasteiger partial charge in [-0.15, -0.1) is 0 Å². The van der Waals surface area contributed by atoms with Crippen LogP contribution < -0.4 is 5.32 Å². The minimum absolute atomic E-state index is 0.498. The molecule has 0 bridgehead atoms. The van der Waals surface area contributed by atoms with Crippen LogP contribution in [-0.4, -0.2) is 24.8 Å². The van der Waals surface area contributed by atoms with E-state index in [1.165, 1.54) is 32.1 Å². The van der Waals surface area contributed by atoms with Gasteiger partial charge in [-0.2, -0.15) is 0 Å². The lowest BCUT2D eigenvalue weighted by molar-refractivity contribution is -0.00513. The molecule has 5 unspecified atom stereocenters. The zero-order chi connectivity index (χ0) is 12.3. The maximum atomic E-state index is 5.75. The maximum Gasteiger partial charge on any atom is 0.0587 e. The van der Waals surface area contributed by atoms with E-state index in [0.717, 1.165) is 30.9 Å². The summed E-state index contributed by atoms with van der Waals surface area (Å²) in [5.74, 6) is 1.73. The van der Waals surface area contributed by atoms with Crippen molar-refractivity contribution < 1.29 is 4.74 Å². The van der Waals surface area contributed by atoms with E-state index < -0.39 is 0 Å². The molecule has 2 rings (SSSR count). The SMILES string of the molecule is CCC1CC(NC2CCCC(C)C2C)CCO1. The molecule has 2 nitrogen and oxygen atoms in total. The molecule has 1 aliphatic heterocycles. The molecule has 1 aliphatic carbocycles. The molecule has 0 aromatic carbocycles. The van der Waals surface area contributed by atoms with Crippen LogP contribution in [0.4, 0.5) is 0 Å². The molecule has 2 fully saturated rings. The van der Waals surface area contributed by atoms with E-state index in [1.54, 1.807) is 0 Å². The van der Waals surface area contributed by atoms with Gasteiger partial charge in [-0.3, -0.25) is 0 Å². The highest BCUT2D eigenvalue weighted by Gasteiger charge is 2.30. The molecule has 0 aromatic rings. The molecule has 1 saturated heterocycles. The molecule has 1 N–H and O–H groups in total. The summed E-state index contributed by atoms with van der Waals surface area (Å²) in [7, 11) is 0. The van der Waals surface area contributed by atoms with Gasteiger partial charge in [0.05, 0.1) is 6.10 Å². The van der Waals surface area contributed by atoms with Crippen molar-refractivity contribution in [2.24, 2.45) is 11.8 Å². The van der Waals surface area contributed by atoms with Crippen LogP contribution in [0.15, 0.2) is 0 Å². The molecular weight excluding hydrogens is 210 g/mol. The van der Waals surface area contributed by atoms with Gasteiger partial charge < -0.3 is 10.1 Å². The van der Waals surface area contributed by atoms with Gasteiger partial charge in [-0.1, -0.05) is 33.6 Å². The van der Waals surface area contributed by atoms with Crippen molar-refractivity contribution in [2.45, 2.75) is 77.5 Å². The van der Waals surface area contributed by atoms with Crippen LogP contribution in [0.5, 0.6) is 0 Å². The van der Waals surface area contributed by atoms with Gasteiger partial charge >= 0.3 is 0 Å². The Morgan fingerprint density at radius 1 is 1.18 bits per heavy atom. The summed E-state index contributed by atoms with van der Waals surface area (Å²) in [5, 5.41) is 3.92. The second-order valence-corrected chi connectivity index (χ2v) is 6.16. The van der Waals surface area contributed by atoms with E-state index in [1.807, 2.05) is 0 Å². The van der Waals surface area contributed by atoms with E-state index in [9.17, 15) is 0 Å². The number of rotatable bonds is 3. The lowest BCUT2D eigenvalue weighted by Gasteiger charge is -2.39. The number of ether oxygens (including phenoxy) is 1. The largest absolute Gasteiger partial charge is 0.378 e. The molecule has 17 heavy (non-hydrogen) atoms. The van der Waals surface area contributed by atoms with Gasteiger partial charge in [-0.25, -0.2) is 0 Å². The predicted molar refractivity (Wildman–Crippen MR) is 72.2 cm³/mol. The smallest absolute Gasteiger partial charge is 0.0587 e. The van der Waals surface area contributed by atoms with Crippen molar-refractivity contribution in [3.8, 4) is 0 Å². The monoisotopic (exact) mass is 239 g/mol. The Balaban J connectivity index is 1.83. The summed E-state index contributed by atoms with van der Waals surface area (Å²) in [6, 6.07) is 1.45. The highest BCUT2D eigenvalue weighted by Crippen LogP contribution is 2.30. The third-order valence-electron chi connectivity index (χ3n) is 4.98. The molecular formula is C15H29NO. The van der Waals surface area contributed by atoms with Crippen LogP contribution in [0.1, 0.15) is 59.3 Å². The third kappa shape index (κ3) is 3.45. The summed E-state index contributed by atoms with van der Waals surface area (Å²) in [6.07, 6.45) is 8.28. The van der Waals surface area contributed by atoms with Crippen molar-refractivity contribution in [3.05, 3.63) is 0 Å². The quantitative estimate of drug-likeness (QED) is 0.815. The van der Waals surface area contributed by atoms with Crippen molar-refractivity contribution in [2.75, 3.05) is 6.61 Å². The van der Waals surface area contributed by atoms with E-state index in [4.69, 9.17) is 4.74 Å². The van der Waals surface area contributed by atoms with Crippen LogP contribution in [0.2, 0.25) is 0 Å². The Hall–Kier alpha value is -0.0800. The standard InChI is InChI=1S/C15H29NO/c1-4-14-10-13(8-9-17-14)16-15-7-5-6-11(2)12(15)3/h11-16H,4-10H2,1-3H3. The molecule has 2 heteroatoms. The van der Waals surface area contributed by atoms with Crippen molar-refractivity contribution >= 4 is 0 Å². The molecule has 100 valence electrons. The van der Waals surface area contributed by atoms with Crippen LogP contribution >= 0.6 is 0 Å². The van der Waals surface area contributed by atoms with Gasteiger partial charge in [-0.05, 0) is 37.5 Å². The zero-order valence-electron chi connectivity index (χ0n) is 11.7. The van der Waals surface area contributed by atoms with Gasteiger partial charge in [0.15, 0.2) is 0 Å². The molecule has 1 saturated carbocycles. The van der Waals surface area contributed by atoms with Crippen molar-refractivity contribution in [1.82, 2.24) is 5.32 Å². The average molecular weight is 239 g/mol. The van der Waals surface area contributed by atoms with E-state index in [0.29, 0.717) is 12.1 Å². The molecule has 0 aromatic heterocycles. The summed E-state index contributed by atoms with van der Waals surface area (Å²) < 4.78 is 5.75. The number of nitrogens with one attached hydrogen (secondary N) is 1. The molecule has 0 radical (unpaired) electrons. The van der Waals surface area contributed by atoms with E-state index in [2.05, 4.69) is 26.1 Å². The highest BCUT2D eigenvalue weighted by molar-refractivity contribution is 4.86. The average Bonchev–Trinajstić information content (AvgIpc) is 2.35. The second kappa shape index (κ2) is 6.19. The Labute approximate surface area is 107 Å². The van der Waals surface area contributed by atoms with Crippen LogP contribution in [-0.2, 0) is 4.74 Å². The molecule has 0 spiro atoms. The minimum Gasteiger partial charge on any atom is -0.378 e. The van der Waals surface area contributed by atoms with Gasteiger partial charge in [0, 0.05) is 18.7 Å². The maximum absolute atomic E-state index is 5.75. The molecule has 2 aliphatic rings.